The molecule has 2 fully saturated rings. The summed E-state index contributed by atoms with van der Waals surface area (Å²) < 4.78 is 0. The summed E-state index contributed by atoms with van der Waals surface area (Å²) in [6.45, 7) is 0.469. The monoisotopic (exact) mass is 382 g/mol. The Labute approximate surface area is 164 Å². The van der Waals surface area contributed by atoms with Crippen LogP contribution >= 0.6 is 11.6 Å². The molecule has 4 rings (SSSR count). The van der Waals surface area contributed by atoms with E-state index in [-0.39, 0.29) is 17.7 Å². The van der Waals surface area contributed by atoms with Gasteiger partial charge in [-0.1, -0.05) is 42.3 Å². The zero-order chi connectivity index (χ0) is 18.9. The molecule has 2 aromatic carbocycles. The van der Waals surface area contributed by atoms with Crippen LogP contribution in [0.3, 0.4) is 0 Å². The second-order valence-electron chi connectivity index (χ2n) is 7.59. The maximum absolute atomic E-state index is 13.0. The highest BCUT2D eigenvalue weighted by molar-refractivity contribution is 6.30. The van der Waals surface area contributed by atoms with Crippen molar-refractivity contribution in [2.45, 2.75) is 44.1 Å². The van der Waals surface area contributed by atoms with Crippen LogP contribution in [-0.4, -0.2) is 11.8 Å². The number of carbonyl (C=O) groups is 2. The average Bonchev–Trinajstić information content (AvgIpc) is 3.46. The van der Waals surface area contributed by atoms with E-state index in [0.717, 1.165) is 48.9 Å². The molecule has 0 unspecified atom stereocenters. The minimum Gasteiger partial charge on any atom is -0.351 e. The Morgan fingerprint density at radius 1 is 1.07 bits per heavy atom. The summed E-state index contributed by atoms with van der Waals surface area (Å²) in [5, 5.41) is 6.69. The molecular weight excluding hydrogens is 360 g/mol. The molecule has 2 aromatic rings. The first kappa shape index (κ1) is 18.1. The van der Waals surface area contributed by atoms with Crippen molar-refractivity contribution in [2.75, 3.05) is 5.32 Å². The minimum atomic E-state index is -0.461. The molecule has 0 aromatic heterocycles. The molecule has 0 radical (unpaired) electrons. The van der Waals surface area contributed by atoms with Crippen LogP contribution in [0.2, 0.25) is 5.02 Å². The molecule has 2 aliphatic rings. The van der Waals surface area contributed by atoms with Gasteiger partial charge in [0.25, 0.3) is 0 Å². The van der Waals surface area contributed by atoms with Gasteiger partial charge in [-0.25, -0.2) is 0 Å². The molecule has 2 amide bonds. The predicted molar refractivity (Wildman–Crippen MR) is 107 cm³/mol. The van der Waals surface area contributed by atoms with Crippen molar-refractivity contribution >= 4 is 29.1 Å². The number of carbonyl (C=O) groups excluding carboxylic acids is 2. The summed E-state index contributed by atoms with van der Waals surface area (Å²) in [7, 11) is 0. The summed E-state index contributed by atoms with van der Waals surface area (Å²) in [6.07, 6.45) is 4.72. The number of halogens is 1. The van der Waals surface area contributed by atoms with Crippen molar-refractivity contribution < 1.29 is 9.59 Å². The van der Waals surface area contributed by atoms with Gasteiger partial charge in [-0.2, -0.15) is 0 Å². The average molecular weight is 383 g/mol. The Hall–Kier alpha value is -2.33. The molecule has 4 nitrogen and oxygen atoms in total. The zero-order valence-corrected chi connectivity index (χ0v) is 15.9. The van der Waals surface area contributed by atoms with E-state index in [0.29, 0.717) is 11.6 Å². The van der Waals surface area contributed by atoms with E-state index in [1.54, 1.807) is 0 Å². The number of anilines is 1. The largest absolute Gasteiger partial charge is 0.351 e. The third kappa shape index (κ3) is 3.86. The lowest BCUT2D eigenvalue weighted by Gasteiger charge is -2.40. The van der Waals surface area contributed by atoms with Gasteiger partial charge in [0.2, 0.25) is 11.8 Å². The molecule has 2 N–H and O–H groups in total. The van der Waals surface area contributed by atoms with E-state index in [9.17, 15) is 9.59 Å². The first-order valence-corrected chi connectivity index (χ1v) is 9.89. The van der Waals surface area contributed by atoms with Gasteiger partial charge in [0, 0.05) is 23.2 Å². The van der Waals surface area contributed by atoms with Gasteiger partial charge < -0.3 is 10.6 Å². The maximum Gasteiger partial charge on any atom is 0.230 e. The summed E-state index contributed by atoms with van der Waals surface area (Å²) >= 11 is 6.02. The molecule has 0 heterocycles. The number of nitrogens with one attached hydrogen (secondary N) is 2. The Balaban J connectivity index is 1.43. The molecule has 27 heavy (non-hydrogen) atoms. The van der Waals surface area contributed by atoms with E-state index in [1.165, 1.54) is 0 Å². The zero-order valence-electron chi connectivity index (χ0n) is 15.1. The molecule has 2 saturated carbocycles. The van der Waals surface area contributed by atoms with Gasteiger partial charge >= 0.3 is 0 Å². The summed E-state index contributed by atoms with van der Waals surface area (Å²) in [5.41, 5.74) is 2.34. The van der Waals surface area contributed by atoms with Crippen LogP contribution in [0.1, 0.15) is 43.2 Å². The Bertz CT molecular complexity index is 855. The van der Waals surface area contributed by atoms with Crippen molar-refractivity contribution in [1.82, 2.24) is 5.32 Å². The van der Waals surface area contributed by atoms with Gasteiger partial charge in [0.15, 0.2) is 0 Å². The van der Waals surface area contributed by atoms with E-state index >= 15 is 0 Å². The van der Waals surface area contributed by atoms with Gasteiger partial charge in [0.05, 0.1) is 5.41 Å². The fourth-order valence-corrected chi connectivity index (χ4v) is 3.85. The second-order valence-corrected chi connectivity index (χ2v) is 8.03. The standard InChI is InChI=1S/C22H23ClN2O2/c23-18-4-1-3-15(13-18)14-24-21(27)22(11-2-12-22)17-7-9-19(10-8-17)25-20(26)16-5-6-16/h1,3-4,7-10,13,16H,2,5-6,11-12,14H2,(H,24,27)(H,25,26). The number of benzene rings is 2. The van der Waals surface area contributed by atoms with Crippen LogP contribution in [0.4, 0.5) is 5.69 Å². The highest BCUT2D eigenvalue weighted by atomic mass is 35.5. The Morgan fingerprint density at radius 3 is 2.41 bits per heavy atom. The van der Waals surface area contributed by atoms with Crippen LogP contribution in [0, 0.1) is 5.92 Å². The van der Waals surface area contributed by atoms with Crippen molar-refractivity contribution in [2.24, 2.45) is 5.92 Å². The normalized spacial score (nSPS) is 17.7. The van der Waals surface area contributed by atoms with Crippen molar-refractivity contribution in [3.63, 3.8) is 0 Å². The lowest BCUT2D eigenvalue weighted by Crippen LogP contribution is -2.49. The van der Waals surface area contributed by atoms with Crippen LogP contribution in [0.5, 0.6) is 0 Å². The lowest BCUT2D eigenvalue weighted by molar-refractivity contribution is -0.130. The molecule has 0 saturated heterocycles. The Morgan fingerprint density at radius 2 is 1.81 bits per heavy atom. The van der Waals surface area contributed by atoms with E-state index in [1.807, 2.05) is 48.5 Å². The number of amides is 2. The molecule has 0 spiro atoms. The van der Waals surface area contributed by atoms with Crippen molar-refractivity contribution in [3.05, 3.63) is 64.7 Å². The van der Waals surface area contributed by atoms with Crippen LogP contribution in [0.15, 0.2) is 48.5 Å². The predicted octanol–water partition coefficient (Wildman–Crippen LogP) is 4.43. The fourth-order valence-electron chi connectivity index (χ4n) is 3.64. The van der Waals surface area contributed by atoms with Gasteiger partial charge in [0.1, 0.15) is 0 Å². The van der Waals surface area contributed by atoms with Crippen molar-refractivity contribution in [3.8, 4) is 0 Å². The number of hydrogen-bond acceptors (Lipinski definition) is 2. The quantitative estimate of drug-likeness (QED) is 0.776. The minimum absolute atomic E-state index is 0.0588. The summed E-state index contributed by atoms with van der Waals surface area (Å²) in [5.74, 6) is 0.337. The second kappa shape index (κ2) is 7.35. The summed E-state index contributed by atoms with van der Waals surface area (Å²) in [4.78, 5) is 24.8. The third-order valence-electron chi connectivity index (χ3n) is 5.64. The first-order chi connectivity index (χ1) is 13.1. The van der Waals surface area contributed by atoms with E-state index in [2.05, 4.69) is 10.6 Å². The van der Waals surface area contributed by atoms with Crippen LogP contribution < -0.4 is 10.6 Å². The highest BCUT2D eigenvalue weighted by Gasteiger charge is 2.45. The fraction of sp³-hybridized carbons (Fsp3) is 0.364. The molecule has 140 valence electrons. The van der Waals surface area contributed by atoms with Gasteiger partial charge in [-0.3, -0.25) is 9.59 Å². The molecule has 5 heteroatoms. The molecular formula is C22H23ClN2O2. The highest BCUT2D eigenvalue weighted by Crippen LogP contribution is 2.44. The smallest absolute Gasteiger partial charge is 0.230 e. The lowest BCUT2D eigenvalue weighted by atomic mass is 9.63. The molecule has 0 aliphatic heterocycles. The first-order valence-electron chi connectivity index (χ1n) is 9.51. The van der Waals surface area contributed by atoms with E-state index in [4.69, 9.17) is 11.6 Å². The Kier molecular flexibility index (Phi) is 4.92. The number of hydrogen-bond donors (Lipinski definition) is 2. The SMILES string of the molecule is O=C(Nc1ccc(C2(C(=O)NCc3cccc(Cl)c3)CCC2)cc1)C1CC1. The topological polar surface area (TPSA) is 58.2 Å². The summed E-state index contributed by atoms with van der Waals surface area (Å²) in [6, 6.07) is 15.3. The molecule has 0 atom stereocenters. The molecule has 2 aliphatic carbocycles. The maximum atomic E-state index is 13.0. The molecule has 0 bridgehead atoms. The van der Waals surface area contributed by atoms with Gasteiger partial charge in [-0.05, 0) is 61.1 Å². The van der Waals surface area contributed by atoms with E-state index < -0.39 is 5.41 Å². The third-order valence-corrected chi connectivity index (χ3v) is 5.87. The van der Waals surface area contributed by atoms with Gasteiger partial charge in [-0.15, -0.1) is 0 Å². The van der Waals surface area contributed by atoms with Crippen molar-refractivity contribution in [1.29, 1.82) is 0 Å². The number of rotatable bonds is 6. The van der Waals surface area contributed by atoms with Crippen LogP contribution in [-0.2, 0) is 21.5 Å². The van der Waals surface area contributed by atoms with Crippen LogP contribution in [0.25, 0.3) is 0 Å².